The van der Waals surface area contributed by atoms with E-state index in [4.69, 9.17) is 5.73 Å². The van der Waals surface area contributed by atoms with E-state index in [1.807, 2.05) is 0 Å². The third-order valence-corrected chi connectivity index (χ3v) is 7.30. The number of piperazine rings is 1. The van der Waals surface area contributed by atoms with Gasteiger partial charge in [-0.25, -0.2) is 9.97 Å². The van der Waals surface area contributed by atoms with Crippen LogP contribution in [0.5, 0.6) is 0 Å². The second-order valence-electron chi connectivity index (χ2n) is 8.58. The molecule has 3 aromatic carbocycles. The lowest BCUT2D eigenvalue weighted by Crippen LogP contribution is -2.48. The molecular weight excluding hydrogens is 438 g/mol. The van der Waals surface area contributed by atoms with Crippen molar-refractivity contribution in [2.75, 3.05) is 36.8 Å². The molecule has 2 heterocycles. The molecule has 4 aromatic rings. The Balaban J connectivity index is 1.33. The largest absolute Gasteiger partial charge is 0.394 e. The Bertz CT molecular complexity index is 1170. The van der Waals surface area contributed by atoms with Crippen LogP contribution in [0.1, 0.15) is 22.7 Å². The van der Waals surface area contributed by atoms with Gasteiger partial charge in [0.1, 0.15) is 17.0 Å². The summed E-state index contributed by atoms with van der Waals surface area (Å²) in [7, 11) is 0. The molecule has 0 saturated carbocycles. The lowest BCUT2D eigenvalue weighted by Gasteiger charge is -2.40. The number of nitrogens with two attached hydrogens (primary N) is 1. The molecular formula is C28H29N5S. The van der Waals surface area contributed by atoms with Crippen molar-refractivity contribution in [3.63, 3.8) is 0 Å². The zero-order valence-electron chi connectivity index (χ0n) is 19.3. The monoisotopic (exact) mass is 467 g/mol. The van der Waals surface area contributed by atoms with Gasteiger partial charge in [0.2, 0.25) is 0 Å². The van der Waals surface area contributed by atoms with E-state index in [-0.39, 0.29) is 6.04 Å². The van der Waals surface area contributed by atoms with Crippen molar-refractivity contribution in [1.82, 2.24) is 14.9 Å². The fourth-order valence-electron chi connectivity index (χ4n) is 4.50. The van der Waals surface area contributed by atoms with Crippen LogP contribution < -0.4 is 10.6 Å². The van der Waals surface area contributed by atoms with Crippen LogP contribution >= 0.6 is 11.8 Å². The summed E-state index contributed by atoms with van der Waals surface area (Å²) in [6.45, 7) is 5.68. The normalized spacial score (nSPS) is 14.5. The maximum atomic E-state index is 6.57. The van der Waals surface area contributed by atoms with Crippen molar-refractivity contribution < 1.29 is 0 Å². The minimum absolute atomic E-state index is 0.236. The van der Waals surface area contributed by atoms with Crippen LogP contribution in [-0.2, 0) is 0 Å². The smallest absolute Gasteiger partial charge is 0.156 e. The van der Waals surface area contributed by atoms with E-state index in [1.165, 1.54) is 16.7 Å². The quantitative estimate of drug-likeness (QED) is 0.382. The number of nitrogen functional groups attached to an aromatic ring is 1. The molecule has 1 saturated heterocycles. The molecule has 5 nitrogen and oxygen atoms in total. The number of benzene rings is 3. The molecule has 0 bridgehead atoms. The Morgan fingerprint density at radius 1 is 0.765 bits per heavy atom. The topological polar surface area (TPSA) is 58.3 Å². The van der Waals surface area contributed by atoms with Gasteiger partial charge in [0.05, 0.1) is 6.04 Å². The average molecular weight is 468 g/mol. The predicted molar refractivity (Wildman–Crippen MR) is 140 cm³/mol. The average Bonchev–Trinajstić information content (AvgIpc) is 2.89. The van der Waals surface area contributed by atoms with Crippen molar-refractivity contribution in [3.8, 4) is 0 Å². The molecule has 2 N–H and O–H groups in total. The van der Waals surface area contributed by atoms with Crippen LogP contribution in [0.15, 0.2) is 101 Å². The predicted octanol–water partition coefficient (Wildman–Crippen LogP) is 5.43. The van der Waals surface area contributed by atoms with Crippen LogP contribution in [0.2, 0.25) is 0 Å². The SMILES string of the molecule is Cc1ccc(Sc2ncnc(N3CCN(C(c4ccccc4)c4ccccc4)CC3)c2N)cc1. The highest BCUT2D eigenvalue weighted by atomic mass is 32.2. The molecule has 0 spiro atoms. The van der Waals surface area contributed by atoms with Gasteiger partial charge in [0.15, 0.2) is 5.82 Å². The molecule has 34 heavy (non-hydrogen) atoms. The maximum Gasteiger partial charge on any atom is 0.156 e. The number of aryl methyl sites for hydroxylation is 1. The van der Waals surface area contributed by atoms with E-state index in [2.05, 4.69) is 112 Å². The third kappa shape index (κ3) is 4.93. The van der Waals surface area contributed by atoms with Crippen molar-refractivity contribution in [3.05, 3.63) is 108 Å². The summed E-state index contributed by atoms with van der Waals surface area (Å²) in [5.74, 6) is 0.834. The van der Waals surface area contributed by atoms with Crippen LogP contribution in [0.3, 0.4) is 0 Å². The van der Waals surface area contributed by atoms with Crippen molar-refractivity contribution in [1.29, 1.82) is 0 Å². The number of rotatable bonds is 6. The summed E-state index contributed by atoms with van der Waals surface area (Å²) in [6.07, 6.45) is 1.63. The van der Waals surface area contributed by atoms with Gasteiger partial charge in [-0.1, -0.05) is 90.1 Å². The number of anilines is 2. The van der Waals surface area contributed by atoms with E-state index in [0.717, 1.165) is 41.9 Å². The first kappa shape index (κ1) is 22.4. The van der Waals surface area contributed by atoms with E-state index in [1.54, 1.807) is 18.1 Å². The van der Waals surface area contributed by atoms with Crippen LogP contribution in [0, 0.1) is 6.92 Å². The van der Waals surface area contributed by atoms with Gasteiger partial charge in [0, 0.05) is 31.1 Å². The number of hydrogen-bond donors (Lipinski definition) is 1. The van der Waals surface area contributed by atoms with E-state index in [9.17, 15) is 0 Å². The first-order valence-corrected chi connectivity index (χ1v) is 12.4. The Hall–Kier alpha value is -3.35. The van der Waals surface area contributed by atoms with Crippen LogP contribution in [0.25, 0.3) is 0 Å². The van der Waals surface area contributed by atoms with Gasteiger partial charge >= 0.3 is 0 Å². The molecule has 6 heteroatoms. The molecule has 1 aromatic heterocycles. The van der Waals surface area contributed by atoms with E-state index < -0.39 is 0 Å². The zero-order chi connectivity index (χ0) is 23.3. The molecule has 1 aliphatic heterocycles. The molecule has 5 rings (SSSR count). The van der Waals surface area contributed by atoms with Gasteiger partial charge in [-0.2, -0.15) is 0 Å². The molecule has 1 aliphatic rings. The zero-order valence-corrected chi connectivity index (χ0v) is 20.2. The van der Waals surface area contributed by atoms with Gasteiger partial charge in [-0.05, 0) is 30.2 Å². The highest BCUT2D eigenvalue weighted by Crippen LogP contribution is 2.36. The minimum Gasteiger partial charge on any atom is -0.394 e. The first-order valence-electron chi connectivity index (χ1n) is 11.6. The molecule has 0 aliphatic carbocycles. The Morgan fingerprint density at radius 3 is 1.94 bits per heavy atom. The first-order chi connectivity index (χ1) is 16.7. The second kappa shape index (κ2) is 10.3. The fourth-order valence-corrected chi connectivity index (χ4v) is 5.30. The molecule has 0 amide bonds. The summed E-state index contributed by atoms with van der Waals surface area (Å²) in [5, 5.41) is 0.808. The summed E-state index contributed by atoms with van der Waals surface area (Å²) in [4.78, 5) is 15.0. The van der Waals surface area contributed by atoms with E-state index in [0.29, 0.717) is 5.69 Å². The van der Waals surface area contributed by atoms with Crippen molar-refractivity contribution in [2.45, 2.75) is 22.9 Å². The molecule has 1 fully saturated rings. The Labute approximate surface area is 205 Å². The molecule has 0 unspecified atom stereocenters. The number of nitrogens with zero attached hydrogens (tertiary/aromatic N) is 4. The Kier molecular flexibility index (Phi) is 6.79. The van der Waals surface area contributed by atoms with Crippen molar-refractivity contribution >= 4 is 23.3 Å². The molecule has 0 atom stereocenters. The molecule has 0 radical (unpaired) electrons. The summed E-state index contributed by atoms with van der Waals surface area (Å²) in [5.41, 5.74) is 11.1. The fraction of sp³-hybridized carbons (Fsp3) is 0.214. The van der Waals surface area contributed by atoms with Gasteiger partial charge in [-0.3, -0.25) is 4.90 Å². The lowest BCUT2D eigenvalue weighted by atomic mass is 9.96. The Morgan fingerprint density at radius 2 is 1.35 bits per heavy atom. The number of hydrogen-bond acceptors (Lipinski definition) is 6. The molecule has 172 valence electrons. The standard InChI is InChI=1S/C28H29N5S/c1-21-12-14-24(15-13-21)34-28-25(29)27(30-20-31-28)33-18-16-32(17-19-33)26(22-8-4-2-5-9-22)23-10-6-3-7-11-23/h2-15,20,26H,16-19,29H2,1H3. The number of aromatic nitrogens is 2. The third-order valence-electron chi connectivity index (χ3n) is 6.27. The van der Waals surface area contributed by atoms with Crippen LogP contribution in [0.4, 0.5) is 11.5 Å². The van der Waals surface area contributed by atoms with E-state index >= 15 is 0 Å². The summed E-state index contributed by atoms with van der Waals surface area (Å²) >= 11 is 1.59. The summed E-state index contributed by atoms with van der Waals surface area (Å²) < 4.78 is 0. The highest BCUT2D eigenvalue weighted by molar-refractivity contribution is 7.99. The van der Waals surface area contributed by atoms with Crippen LogP contribution in [-0.4, -0.2) is 41.0 Å². The summed E-state index contributed by atoms with van der Waals surface area (Å²) in [6, 6.07) is 30.2. The van der Waals surface area contributed by atoms with Gasteiger partial charge in [0.25, 0.3) is 0 Å². The second-order valence-corrected chi connectivity index (χ2v) is 9.64. The maximum absolute atomic E-state index is 6.57. The van der Waals surface area contributed by atoms with Gasteiger partial charge < -0.3 is 10.6 Å². The van der Waals surface area contributed by atoms with Gasteiger partial charge in [-0.15, -0.1) is 0 Å². The minimum atomic E-state index is 0.236. The van der Waals surface area contributed by atoms with Crippen molar-refractivity contribution in [2.24, 2.45) is 0 Å². The highest BCUT2D eigenvalue weighted by Gasteiger charge is 2.28. The lowest BCUT2D eigenvalue weighted by molar-refractivity contribution is 0.212.